The first-order chi connectivity index (χ1) is 5.70. The van der Waals surface area contributed by atoms with Gasteiger partial charge in [0.1, 0.15) is 0 Å². The van der Waals surface area contributed by atoms with Crippen molar-refractivity contribution >= 4 is 19.6 Å². The molecule has 12 heavy (non-hydrogen) atoms. The van der Waals surface area contributed by atoms with E-state index in [1.807, 2.05) is 0 Å². The number of rotatable bonds is 3. The molecule has 0 amide bonds. The van der Waals surface area contributed by atoms with Crippen LogP contribution in [-0.4, -0.2) is 15.2 Å². The van der Waals surface area contributed by atoms with E-state index in [-0.39, 0.29) is 1.43 Å². The van der Waals surface area contributed by atoms with Gasteiger partial charge >= 0.3 is 81.4 Å². The molecule has 1 rings (SSSR count). The van der Waals surface area contributed by atoms with Gasteiger partial charge in [0.2, 0.25) is 0 Å². The molecule has 0 aliphatic heterocycles. The minimum absolute atomic E-state index is 0. The van der Waals surface area contributed by atoms with Gasteiger partial charge in [-0.05, 0) is 0 Å². The molecular weight excluding hydrogens is 159 g/mol. The van der Waals surface area contributed by atoms with Gasteiger partial charge in [-0.3, -0.25) is 0 Å². The van der Waals surface area contributed by atoms with Gasteiger partial charge in [-0.15, -0.1) is 0 Å². The Morgan fingerprint density at radius 2 is 2.00 bits per heavy atom. The molecule has 0 fully saturated rings. The predicted molar refractivity (Wildman–Crippen MR) is 57.3 cm³/mol. The topological polar surface area (TPSA) is 0 Å². The summed E-state index contributed by atoms with van der Waals surface area (Å²) in [6, 6.07) is 8.75. The normalized spacial score (nSPS) is 10.0. The summed E-state index contributed by atoms with van der Waals surface area (Å²) in [5.41, 5.74) is 1.47. The Balaban J connectivity index is 0.00000144. The molecule has 0 N–H and O–H groups in total. The van der Waals surface area contributed by atoms with Gasteiger partial charge in [0, 0.05) is 0 Å². The fourth-order valence-corrected chi connectivity index (χ4v) is 2.57. The summed E-state index contributed by atoms with van der Waals surface area (Å²) in [4.78, 5) is 0. The SMILES string of the molecule is Cc1cccc[c]1[Al+][CH2]C(C)C.[H-]. The van der Waals surface area contributed by atoms with E-state index in [2.05, 4.69) is 45.0 Å². The van der Waals surface area contributed by atoms with E-state index in [4.69, 9.17) is 0 Å². The van der Waals surface area contributed by atoms with Gasteiger partial charge < -0.3 is 1.43 Å². The molecule has 0 radical (unpaired) electrons. The average molecular weight is 176 g/mol. The molecule has 0 aromatic heterocycles. The second-order valence-electron chi connectivity index (χ2n) is 3.69. The van der Waals surface area contributed by atoms with Gasteiger partial charge in [0.05, 0.1) is 0 Å². The van der Waals surface area contributed by atoms with E-state index < -0.39 is 0 Å². The molecule has 0 nitrogen and oxygen atoms in total. The van der Waals surface area contributed by atoms with Crippen molar-refractivity contribution in [2.24, 2.45) is 5.92 Å². The molecule has 1 heteroatoms. The van der Waals surface area contributed by atoms with Crippen molar-refractivity contribution < 1.29 is 1.43 Å². The van der Waals surface area contributed by atoms with E-state index in [1.54, 1.807) is 4.43 Å². The molecule has 0 saturated carbocycles. The van der Waals surface area contributed by atoms with Crippen molar-refractivity contribution in [1.29, 1.82) is 0 Å². The number of aryl methyl sites for hydroxylation is 1. The molecule has 64 valence electrons. The van der Waals surface area contributed by atoms with Crippen molar-refractivity contribution in [2.75, 3.05) is 0 Å². The summed E-state index contributed by atoms with van der Waals surface area (Å²) in [6.07, 6.45) is 0. The molecular formula is C11H17Al. The van der Waals surface area contributed by atoms with Crippen LogP contribution in [0.2, 0.25) is 5.28 Å². The maximum absolute atomic E-state index is 2.30. The zero-order valence-corrected chi connectivity index (χ0v) is 9.33. The quantitative estimate of drug-likeness (QED) is 0.621. The molecule has 1 aromatic rings. The third-order valence-corrected chi connectivity index (χ3v) is 4.26. The summed E-state index contributed by atoms with van der Waals surface area (Å²) < 4.78 is 1.59. The Hall–Kier alpha value is -0.248. The van der Waals surface area contributed by atoms with E-state index in [1.165, 1.54) is 10.8 Å². The Bertz CT molecular complexity index is 246. The van der Waals surface area contributed by atoms with Gasteiger partial charge in [-0.1, -0.05) is 0 Å². The zero-order chi connectivity index (χ0) is 8.97. The second-order valence-corrected chi connectivity index (χ2v) is 5.19. The maximum atomic E-state index is 2.30. The Kier molecular flexibility index (Phi) is 3.85. The molecule has 0 bridgehead atoms. The molecule has 0 spiro atoms. The maximum Gasteiger partial charge on any atom is -1.00 e. The molecule has 0 heterocycles. The van der Waals surface area contributed by atoms with Crippen LogP contribution in [0.15, 0.2) is 24.3 Å². The number of hydrogen-bond acceptors (Lipinski definition) is 0. The van der Waals surface area contributed by atoms with Crippen LogP contribution >= 0.6 is 0 Å². The zero-order valence-electron chi connectivity index (χ0n) is 9.17. The van der Waals surface area contributed by atoms with Crippen molar-refractivity contribution in [1.82, 2.24) is 0 Å². The smallest absolute Gasteiger partial charge is 1.00 e. The van der Waals surface area contributed by atoms with Crippen LogP contribution in [0.3, 0.4) is 0 Å². The Labute approximate surface area is 83.2 Å². The third-order valence-electron chi connectivity index (χ3n) is 2.00. The first kappa shape index (κ1) is 9.84. The largest absolute Gasteiger partial charge is 1.00 e. The van der Waals surface area contributed by atoms with Crippen molar-refractivity contribution in [3.05, 3.63) is 29.8 Å². The predicted octanol–water partition coefficient (Wildman–Crippen LogP) is 2.51. The fraction of sp³-hybridized carbons (Fsp3) is 0.455. The van der Waals surface area contributed by atoms with Gasteiger partial charge in [-0.2, -0.15) is 0 Å². The summed E-state index contributed by atoms with van der Waals surface area (Å²) in [5, 5.41) is 1.38. The minimum Gasteiger partial charge on any atom is -1.00 e. The van der Waals surface area contributed by atoms with Crippen molar-refractivity contribution in [3.8, 4) is 0 Å². The van der Waals surface area contributed by atoms with E-state index in [9.17, 15) is 0 Å². The van der Waals surface area contributed by atoms with Gasteiger partial charge in [0.25, 0.3) is 0 Å². The van der Waals surface area contributed by atoms with E-state index in [0.717, 1.165) is 5.92 Å². The minimum atomic E-state index is 0. The van der Waals surface area contributed by atoms with Crippen LogP contribution in [0.1, 0.15) is 20.8 Å². The third kappa shape index (κ3) is 3.01. The van der Waals surface area contributed by atoms with Crippen molar-refractivity contribution in [3.63, 3.8) is 0 Å². The standard InChI is InChI=1S/C7H7.C4H9.Al.H/c1-7-5-3-2-4-6-7;1-4(2)3;;/h2-5H,1H3;4H,1H2,2-3H3;;/q;;+1;-1. The van der Waals surface area contributed by atoms with Crippen LogP contribution in [0.5, 0.6) is 0 Å². The van der Waals surface area contributed by atoms with Gasteiger partial charge in [-0.25, -0.2) is 0 Å². The molecule has 0 aliphatic rings. The average Bonchev–Trinajstić information content (AvgIpc) is 2.03. The first-order valence-electron chi connectivity index (χ1n) is 4.59. The first-order valence-corrected chi connectivity index (χ1v) is 5.98. The summed E-state index contributed by atoms with van der Waals surface area (Å²) in [7, 11) is 0. The van der Waals surface area contributed by atoms with Crippen LogP contribution in [0.25, 0.3) is 0 Å². The van der Waals surface area contributed by atoms with Gasteiger partial charge in [0.15, 0.2) is 0 Å². The molecule has 0 aliphatic carbocycles. The number of benzene rings is 1. The summed E-state index contributed by atoms with van der Waals surface area (Å²) in [5.74, 6) is 0.847. The number of hydrogen-bond donors (Lipinski definition) is 0. The Morgan fingerprint density at radius 1 is 1.33 bits per heavy atom. The summed E-state index contributed by atoms with van der Waals surface area (Å²) in [6.45, 7) is 6.80. The molecule has 0 atom stereocenters. The molecule has 0 saturated heterocycles. The monoisotopic (exact) mass is 176 g/mol. The van der Waals surface area contributed by atoms with Crippen molar-refractivity contribution in [2.45, 2.75) is 26.1 Å². The van der Waals surface area contributed by atoms with E-state index in [0.29, 0.717) is 15.2 Å². The van der Waals surface area contributed by atoms with Crippen LogP contribution in [0, 0.1) is 12.8 Å². The Morgan fingerprint density at radius 3 is 2.58 bits per heavy atom. The fourth-order valence-electron chi connectivity index (χ4n) is 1.18. The van der Waals surface area contributed by atoms with Crippen LogP contribution in [-0.2, 0) is 0 Å². The van der Waals surface area contributed by atoms with E-state index >= 15 is 0 Å². The molecule has 0 unspecified atom stereocenters. The van der Waals surface area contributed by atoms with Crippen LogP contribution in [0.4, 0.5) is 0 Å². The second kappa shape index (κ2) is 4.70. The molecule has 1 aromatic carbocycles. The summed E-state index contributed by atoms with van der Waals surface area (Å²) >= 11 is 0.498. The van der Waals surface area contributed by atoms with Crippen LogP contribution < -0.4 is 4.43 Å².